The van der Waals surface area contributed by atoms with Gasteiger partial charge in [-0.15, -0.1) is 0 Å². The molecule has 0 rings (SSSR count). The lowest BCUT2D eigenvalue weighted by atomic mass is 10.2. The highest BCUT2D eigenvalue weighted by Crippen LogP contribution is 2.02. The van der Waals surface area contributed by atoms with E-state index in [1.54, 1.807) is 0 Å². The van der Waals surface area contributed by atoms with Gasteiger partial charge in [0.2, 0.25) is 0 Å². The molecule has 0 aromatic rings. The Bertz CT molecular complexity index is 503. The van der Waals surface area contributed by atoms with Crippen molar-refractivity contribution >= 4 is 22.6 Å². The SMILES string of the molecule is NCCOCCOCCOCCOCCOCCOCCOCCOCCOCCOCCOCCOCCOCCCCCCI. The fourth-order valence-electron chi connectivity index (χ4n) is 3.48. The minimum Gasteiger partial charge on any atom is -0.379 e. The van der Waals surface area contributed by atoms with Crippen LogP contribution in [0.3, 0.4) is 0 Å². The maximum atomic E-state index is 5.56. The van der Waals surface area contributed by atoms with E-state index in [1.165, 1.54) is 23.7 Å². The molecule has 0 aliphatic rings. The molecule has 15 heteroatoms. The summed E-state index contributed by atoms with van der Waals surface area (Å²) in [7, 11) is 0. The smallest absolute Gasteiger partial charge is 0.0701 e. The number of alkyl halides is 1. The van der Waals surface area contributed by atoms with E-state index in [0.717, 1.165) is 13.0 Å². The largest absolute Gasteiger partial charge is 0.379 e. The van der Waals surface area contributed by atoms with Crippen LogP contribution < -0.4 is 5.73 Å². The normalized spacial score (nSPS) is 11.6. The van der Waals surface area contributed by atoms with Crippen molar-refractivity contribution in [1.29, 1.82) is 0 Å². The molecule has 0 atom stereocenters. The molecule has 0 saturated carbocycles. The van der Waals surface area contributed by atoms with Gasteiger partial charge in [-0.25, -0.2) is 0 Å². The highest BCUT2D eigenvalue weighted by atomic mass is 127. The second-order valence-electron chi connectivity index (χ2n) is 9.85. The minimum absolute atomic E-state index is 0.512. The standard InChI is InChI=1S/C32H66INO13/c33-5-3-1-2-4-7-35-9-11-37-13-15-39-17-19-41-21-23-43-25-27-45-29-31-47-32-30-46-28-26-44-24-22-42-20-18-40-16-14-38-12-10-36-8-6-34/h1-32,34H2. The van der Waals surface area contributed by atoms with Gasteiger partial charge in [0.1, 0.15) is 0 Å². The summed E-state index contributed by atoms with van der Waals surface area (Å²) >= 11 is 2.42. The summed E-state index contributed by atoms with van der Waals surface area (Å²) in [5.41, 5.74) is 5.33. The van der Waals surface area contributed by atoms with Crippen molar-refractivity contribution in [2.24, 2.45) is 5.73 Å². The Morgan fingerprint density at radius 1 is 0.234 bits per heavy atom. The number of halogens is 1. The molecule has 0 amide bonds. The van der Waals surface area contributed by atoms with Gasteiger partial charge < -0.3 is 67.3 Å². The molecule has 0 aromatic heterocycles. The lowest BCUT2D eigenvalue weighted by Crippen LogP contribution is -2.16. The topological polar surface area (TPSA) is 146 Å². The van der Waals surface area contributed by atoms with Gasteiger partial charge in [-0.05, 0) is 17.3 Å². The lowest BCUT2D eigenvalue weighted by molar-refractivity contribution is -0.0290. The molecule has 0 aliphatic carbocycles. The molecule has 0 radical (unpaired) electrons. The van der Waals surface area contributed by atoms with Crippen LogP contribution in [-0.4, -0.2) is 183 Å². The molecular formula is C32H66INO13. The Kier molecular flexibility index (Phi) is 46.3. The summed E-state index contributed by atoms with van der Waals surface area (Å²) in [6.45, 7) is 14.7. The first kappa shape index (κ1) is 47.2. The summed E-state index contributed by atoms with van der Waals surface area (Å²) < 4.78 is 72.1. The maximum Gasteiger partial charge on any atom is 0.0701 e. The van der Waals surface area contributed by atoms with Gasteiger partial charge in [-0.1, -0.05) is 35.4 Å². The Hall–Kier alpha value is 0.170. The number of unbranched alkanes of at least 4 members (excludes halogenated alkanes) is 3. The third-order valence-electron chi connectivity index (χ3n) is 5.90. The summed E-state index contributed by atoms with van der Waals surface area (Å²) in [6.07, 6.45) is 4.98. The maximum absolute atomic E-state index is 5.56. The first-order chi connectivity index (χ1) is 23.4. The highest BCUT2D eigenvalue weighted by Gasteiger charge is 1.97. The first-order valence-corrected chi connectivity index (χ1v) is 18.7. The Labute approximate surface area is 297 Å². The van der Waals surface area contributed by atoms with Crippen molar-refractivity contribution in [3.63, 3.8) is 0 Å². The van der Waals surface area contributed by atoms with Crippen LogP contribution >= 0.6 is 22.6 Å². The molecule has 0 spiro atoms. The van der Waals surface area contributed by atoms with Crippen LogP contribution in [0.25, 0.3) is 0 Å². The predicted octanol–water partition coefficient (Wildman–Crippen LogP) is 2.16. The average molecular weight is 800 g/mol. The molecule has 0 unspecified atom stereocenters. The van der Waals surface area contributed by atoms with Crippen LogP contribution in [0.15, 0.2) is 0 Å². The van der Waals surface area contributed by atoms with E-state index in [9.17, 15) is 0 Å². The number of rotatable bonds is 44. The zero-order valence-electron chi connectivity index (χ0n) is 28.9. The van der Waals surface area contributed by atoms with Crippen LogP contribution in [-0.2, 0) is 61.6 Å². The molecule has 0 fully saturated rings. The van der Waals surface area contributed by atoms with Gasteiger partial charge >= 0.3 is 0 Å². The van der Waals surface area contributed by atoms with Crippen molar-refractivity contribution in [3.05, 3.63) is 0 Å². The number of ether oxygens (including phenoxy) is 13. The van der Waals surface area contributed by atoms with E-state index < -0.39 is 0 Å². The third kappa shape index (κ3) is 46.2. The predicted molar refractivity (Wildman–Crippen MR) is 187 cm³/mol. The number of hydrogen-bond donors (Lipinski definition) is 1. The van der Waals surface area contributed by atoms with Gasteiger partial charge in [-0.2, -0.15) is 0 Å². The van der Waals surface area contributed by atoms with E-state index in [-0.39, 0.29) is 0 Å². The first-order valence-electron chi connectivity index (χ1n) is 17.2. The van der Waals surface area contributed by atoms with E-state index in [2.05, 4.69) is 22.6 Å². The van der Waals surface area contributed by atoms with Crippen molar-refractivity contribution in [2.75, 3.05) is 183 Å². The van der Waals surface area contributed by atoms with E-state index in [0.29, 0.717) is 172 Å². The van der Waals surface area contributed by atoms with E-state index in [1.807, 2.05) is 0 Å². The lowest BCUT2D eigenvalue weighted by Gasteiger charge is -2.09. The summed E-state index contributed by atoms with van der Waals surface area (Å²) in [6, 6.07) is 0. The molecular weight excluding hydrogens is 733 g/mol. The highest BCUT2D eigenvalue weighted by molar-refractivity contribution is 14.1. The van der Waals surface area contributed by atoms with E-state index >= 15 is 0 Å². The van der Waals surface area contributed by atoms with Crippen LogP contribution in [0.1, 0.15) is 25.7 Å². The van der Waals surface area contributed by atoms with Gasteiger partial charge in [-0.3, -0.25) is 0 Å². The molecule has 0 heterocycles. The summed E-state index contributed by atoms with van der Waals surface area (Å²) in [4.78, 5) is 0. The zero-order valence-corrected chi connectivity index (χ0v) is 31.0. The van der Waals surface area contributed by atoms with Crippen molar-refractivity contribution in [1.82, 2.24) is 0 Å². The van der Waals surface area contributed by atoms with E-state index in [4.69, 9.17) is 67.3 Å². The fourth-order valence-corrected chi connectivity index (χ4v) is 4.02. The van der Waals surface area contributed by atoms with Crippen molar-refractivity contribution < 1.29 is 61.6 Å². The molecule has 47 heavy (non-hydrogen) atoms. The molecule has 0 bridgehead atoms. The molecule has 0 aromatic carbocycles. The van der Waals surface area contributed by atoms with Crippen LogP contribution in [0.5, 0.6) is 0 Å². The van der Waals surface area contributed by atoms with Crippen LogP contribution in [0.4, 0.5) is 0 Å². The molecule has 0 aliphatic heterocycles. The quantitative estimate of drug-likeness (QED) is 0.0546. The van der Waals surface area contributed by atoms with Gasteiger partial charge in [0.05, 0.1) is 165 Å². The molecule has 284 valence electrons. The van der Waals surface area contributed by atoms with Gasteiger partial charge in [0.15, 0.2) is 0 Å². The number of nitrogens with two attached hydrogens (primary N) is 1. The number of hydrogen-bond acceptors (Lipinski definition) is 14. The molecule has 2 N–H and O–H groups in total. The van der Waals surface area contributed by atoms with Crippen molar-refractivity contribution in [2.45, 2.75) is 25.7 Å². The second-order valence-corrected chi connectivity index (χ2v) is 10.9. The Balaban J connectivity index is 3.03. The van der Waals surface area contributed by atoms with Gasteiger partial charge in [0.25, 0.3) is 0 Å². The van der Waals surface area contributed by atoms with Gasteiger partial charge in [0, 0.05) is 13.2 Å². The summed E-state index contributed by atoms with van der Waals surface area (Å²) in [5.74, 6) is 0. The zero-order chi connectivity index (χ0) is 33.8. The van der Waals surface area contributed by atoms with Crippen LogP contribution in [0.2, 0.25) is 0 Å². The Morgan fingerprint density at radius 3 is 0.638 bits per heavy atom. The van der Waals surface area contributed by atoms with Crippen LogP contribution in [0, 0.1) is 0 Å². The Morgan fingerprint density at radius 2 is 0.426 bits per heavy atom. The monoisotopic (exact) mass is 799 g/mol. The second kappa shape index (κ2) is 46.2. The third-order valence-corrected chi connectivity index (χ3v) is 6.66. The minimum atomic E-state index is 0.512. The van der Waals surface area contributed by atoms with Crippen molar-refractivity contribution in [3.8, 4) is 0 Å². The fraction of sp³-hybridized carbons (Fsp3) is 1.00. The summed E-state index contributed by atoms with van der Waals surface area (Å²) in [5, 5.41) is 0. The molecule has 0 saturated heterocycles. The molecule has 14 nitrogen and oxygen atoms in total. The average Bonchev–Trinajstić information content (AvgIpc) is 3.08.